The number of hydrogen-bond donors (Lipinski definition) is 0. The van der Waals surface area contributed by atoms with Crippen molar-refractivity contribution < 1.29 is 0 Å². The zero-order valence-electron chi connectivity index (χ0n) is 18.9. The lowest BCUT2D eigenvalue weighted by Gasteiger charge is -2.21. The average molecular weight is 687 g/mol. The smallest absolute Gasteiger partial charge is 0.211 e. The third kappa shape index (κ3) is 7.48. The molecule has 13 heteroatoms. The minimum atomic E-state index is -3.52. The van der Waals surface area contributed by atoms with Crippen LogP contribution in [0.4, 0.5) is 0 Å². The molecule has 0 atom stereocenters. The van der Waals surface area contributed by atoms with Gasteiger partial charge in [0.25, 0.3) is 18.6 Å². The van der Waals surface area contributed by atoms with Crippen LogP contribution >= 0.6 is 92.4 Å². The number of rotatable bonds is 7. The minimum absolute atomic E-state index is 0.779. The van der Waals surface area contributed by atoms with E-state index in [9.17, 15) is 0 Å². The summed E-state index contributed by atoms with van der Waals surface area (Å²) in [6, 6.07) is 37.7. The minimum Gasteiger partial charge on any atom is -0.211 e. The van der Waals surface area contributed by atoms with Crippen LogP contribution in [0, 0.1) is 0 Å². The van der Waals surface area contributed by atoms with Crippen LogP contribution < -0.4 is 21.2 Å². The normalized spacial score (nSPS) is 12.6. The lowest BCUT2D eigenvalue weighted by molar-refractivity contribution is 1.72. The van der Waals surface area contributed by atoms with Crippen molar-refractivity contribution in [3.05, 3.63) is 121 Å². The average Bonchev–Trinajstić information content (AvgIpc) is 2.89. The first-order chi connectivity index (χ1) is 17.5. The van der Waals surface area contributed by atoms with Gasteiger partial charge in [-0.3, -0.25) is 0 Å². The maximum Gasteiger partial charge on any atom is 0.297 e. The molecular formula is C24H20Cl6N3P4+. The molecule has 192 valence electrons. The summed E-state index contributed by atoms with van der Waals surface area (Å²) < 4.78 is 14.0. The Bertz CT molecular complexity index is 1430. The molecule has 0 N–H and O–H groups in total. The van der Waals surface area contributed by atoms with Crippen molar-refractivity contribution in [1.29, 1.82) is 0 Å². The molecule has 0 spiro atoms. The Morgan fingerprint density at radius 2 is 0.811 bits per heavy atom. The van der Waals surface area contributed by atoms with Gasteiger partial charge in [-0.05, 0) is 69.2 Å². The fraction of sp³-hybridized carbons (Fsp3) is 0. The van der Waals surface area contributed by atoms with Crippen LogP contribution in [0.5, 0.6) is 0 Å². The van der Waals surface area contributed by atoms with Gasteiger partial charge >= 0.3 is 0 Å². The van der Waals surface area contributed by atoms with Gasteiger partial charge in [0.15, 0.2) is 0 Å². The van der Waals surface area contributed by atoms with Crippen molar-refractivity contribution in [2.24, 2.45) is 13.5 Å². The van der Waals surface area contributed by atoms with Crippen molar-refractivity contribution in [3.8, 4) is 0 Å². The number of nitrogens with zero attached hydrogens (tertiary/aromatic N) is 3. The predicted octanol–water partition coefficient (Wildman–Crippen LogP) is 11.6. The molecule has 0 saturated heterocycles. The van der Waals surface area contributed by atoms with E-state index in [1.165, 1.54) is 0 Å². The van der Waals surface area contributed by atoms with E-state index in [1.54, 1.807) is 0 Å². The SMILES string of the molecule is ClP(Cl)(=NP(Cl)(Cl)=N[P+](Cl)(c1ccccc1)c1ccccc1)N=P(Cl)(c1ccccc1)c1ccccc1. The fourth-order valence-electron chi connectivity index (χ4n) is 3.47. The molecule has 0 aliphatic rings. The summed E-state index contributed by atoms with van der Waals surface area (Å²) in [5, 5.41) is 3.12. The molecule has 4 rings (SSSR count). The van der Waals surface area contributed by atoms with Crippen LogP contribution in [-0.4, -0.2) is 0 Å². The van der Waals surface area contributed by atoms with E-state index in [2.05, 4.69) is 4.52 Å². The van der Waals surface area contributed by atoms with E-state index in [4.69, 9.17) is 76.5 Å². The van der Waals surface area contributed by atoms with Crippen LogP contribution in [0.2, 0.25) is 0 Å². The summed E-state index contributed by atoms with van der Waals surface area (Å²) in [6.45, 7) is -2.93. The molecule has 0 radical (unpaired) electrons. The molecule has 0 amide bonds. The highest BCUT2D eigenvalue weighted by Gasteiger charge is 2.45. The van der Waals surface area contributed by atoms with Gasteiger partial charge in [0.2, 0.25) is 0 Å². The van der Waals surface area contributed by atoms with E-state index < -0.39 is 25.0 Å². The molecule has 0 aliphatic heterocycles. The van der Waals surface area contributed by atoms with E-state index in [1.807, 2.05) is 121 Å². The number of halogens is 6. The largest absolute Gasteiger partial charge is 0.297 e. The third-order valence-corrected chi connectivity index (χ3v) is 22.8. The Labute approximate surface area is 246 Å². The lowest BCUT2D eigenvalue weighted by Crippen LogP contribution is -2.15. The molecule has 0 saturated carbocycles. The number of benzene rings is 4. The Morgan fingerprint density at radius 3 is 1.19 bits per heavy atom. The molecule has 4 aromatic carbocycles. The fourth-order valence-corrected chi connectivity index (χ4v) is 25.1. The molecule has 0 heterocycles. The third-order valence-electron chi connectivity index (χ3n) is 5.07. The van der Waals surface area contributed by atoms with Gasteiger partial charge in [0.05, 0.1) is 0 Å². The predicted molar refractivity (Wildman–Crippen MR) is 174 cm³/mol. The standard InChI is InChI=1S/C24H20Cl6N3P4/c25-34(21-13-5-1-6-14-21,22-15-7-2-8-16-22)31-36(27,28)33-37(29,30)32-35(26,23-17-9-3-10-18-23)24-19-11-4-12-20-24/h1-20H/q+1. The second-order valence-corrected chi connectivity index (χ2v) is 25.5. The van der Waals surface area contributed by atoms with Gasteiger partial charge < -0.3 is 0 Å². The maximum absolute atomic E-state index is 7.25. The Balaban J connectivity index is 1.92. The van der Waals surface area contributed by atoms with Crippen molar-refractivity contribution in [2.45, 2.75) is 0 Å². The molecule has 0 bridgehead atoms. The van der Waals surface area contributed by atoms with E-state index in [0.717, 1.165) is 21.2 Å². The first kappa shape index (κ1) is 29.7. The molecule has 0 fully saturated rings. The van der Waals surface area contributed by atoms with Crippen molar-refractivity contribution in [1.82, 2.24) is 0 Å². The molecule has 0 unspecified atom stereocenters. The van der Waals surface area contributed by atoms with Crippen LogP contribution in [0.1, 0.15) is 0 Å². The van der Waals surface area contributed by atoms with Gasteiger partial charge in [-0.2, -0.15) is 4.52 Å². The van der Waals surface area contributed by atoms with Gasteiger partial charge in [-0.15, -0.1) is 0 Å². The van der Waals surface area contributed by atoms with Gasteiger partial charge in [0.1, 0.15) is 28.3 Å². The van der Waals surface area contributed by atoms with E-state index >= 15 is 0 Å². The zero-order valence-corrected chi connectivity index (χ0v) is 27.1. The lowest BCUT2D eigenvalue weighted by atomic mass is 10.4. The molecule has 3 nitrogen and oxygen atoms in total. The molecular weight excluding hydrogens is 667 g/mol. The topological polar surface area (TPSA) is 37.1 Å². The first-order valence-corrected chi connectivity index (χ1v) is 23.1. The molecule has 0 aromatic heterocycles. The Kier molecular flexibility index (Phi) is 10.0. The quantitative estimate of drug-likeness (QED) is 0.174. The summed E-state index contributed by atoms with van der Waals surface area (Å²) in [4.78, 5) is 0. The van der Waals surface area contributed by atoms with E-state index in [0.29, 0.717) is 0 Å². The van der Waals surface area contributed by atoms with Crippen LogP contribution in [-0.2, 0) is 0 Å². The second-order valence-electron chi connectivity index (χ2n) is 7.63. The number of hydrogen-bond acceptors (Lipinski definition) is 1. The van der Waals surface area contributed by atoms with Crippen LogP contribution in [0.25, 0.3) is 0 Å². The van der Waals surface area contributed by atoms with Crippen LogP contribution in [0.3, 0.4) is 0 Å². The zero-order chi connectivity index (χ0) is 26.6. The summed E-state index contributed by atoms with van der Waals surface area (Å²) in [7, 11) is 0. The monoisotopic (exact) mass is 684 g/mol. The second kappa shape index (κ2) is 12.5. The summed E-state index contributed by atoms with van der Waals surface area (Å²) in [6.07, 6.45) is -2.93. The summed E-state index contributed by atoms with van der Waals surface area (Å²) in [5.41, 5.74) is 0. The molecule has 37 heavy (non-hydrogen) atoms. The maximum atomic E-state index is 7.25. The first-order valence-electron chi connectivity index (χ1n) is 10.8. The Morgan fingerprint density at radius 1 is 0.459 bits per heavy atom. The van der Waals surface area contributed by atoms with Gasteiger partial charge in [0, 0.05) is 10.6 Å². The van der Waals surface area contributed by atoms with Crippen molar-refractivity contribution in [2.75, 3.05) is 0 Å². The van der Waals surface area contributed by atoms with Gasteiger partial charge in [-0.25, -0.2) is 4.52 Å². The Hall–Kier alpha value is -0.260. The van der Waals surface area contributed by atoms with Crippen LogP contribution in [0.15, 0.2) is 135 Å². The highest BCUT2D eigenvalue weighted by atomic mass is 35.9. The van der Waals surface area contributed by atoms with Crippen molar-refractivity contribution in [3.63, 3.8) is 0 Å². The highest BCUT2D eigenvalue weighted by Crippen LogP contribution is 2.82. The molecule has 4 aromatic rings. The van der Waals surface area contributed by atoms with Gasteiger partial charge in [-0.1, -0.05) is 113 Å². The molecule has 0 aliphatic carbocycles. The summed E-state index contributed by atoms with van der Waals surface area (Å²) >= 11 is 41.6. The highest BCUT2D eigenvalue weighted by molar-refractivity contribution is 8.23. The summed E-state index contributed by atoms with van der Waals surface area (Å²) in [5.74, 6) is -7.05. The van der Waals surface area contributed by atoms with E-state index in [-0.39, 0.29) is 0 Å². The van der Waals surface area contributed by atoms with Crippen molar-refractivity contribution >= 4 is 114 Å².